The number of para-hydroxylation sites is 1. The summed E-state index contributed by atoms with van der Waals surface area (Å²) >= 11 is 6.15. The standard InChI is InChI=1S/C14H17ClN4O/c1-9(2)18(4)14(20)13-16-10(3)19(17-13)12-8-6-5-7-11(12)15/h5-9H,1-4H3. The van der Waals surface area contributed by atoms with E-state index in [2.05, 4.69) is 10.1 Å². The Morgan fingerprint density at radius 2 is 2.00 bits per heavy atom. The molecular formula is C14H17ClN4O. The van der Waals surface area contributed by atoms with E-state index in [1.54, 1.807) is 29.6 Å². The molecule has 20 heavy (non-hydrogen) atoms. The monoisotopic (exact) mass is 292 g/mol. The third kappa shape index (κ3) is 2.67. The fourth-order valence-corrected chi connectivity index (χ4v) is 1.94. The average molecular weight is 293 g/mol. The Kier molecular flexibility index (Phi) is 4.09. The van der Waals surface area contributed by atoms with Crippen LogP contribution < -0.4 is 0 Å². The highest BCUT2D eigenvalue weighted by Gasteiger charge is 2.21. The van der Waals surface area contributed by atoms with E-state index >= 15 is 0 Å². The van der Waals surface area contributed by atoms with Gasteiger partial charge in [-0.3, -0.25) is 4.79 Å². The summed E-state index contributed by atoms with van der Waals surface area (Å²) in [7, 11) is 1.73. The van der Waals surface area contributed by atoms with Gasteiger partial charge in [-0.05, 0) is 32.9 Å². The minimum Gasteiger partial charge on any atom is -0.337 e. The van der Waals surface area contributed by atoms with Crippen LogP contribution in [0, 0.1) is 6.92 Å². The largest absolute Gasteiger partial charge is 0.337 e. The Morgan fingerprint density at radius 3 is 2.60 bits per heavy atom. The summed E-state index contributed by atoms with van der Waals surface area (Å²) in [6.07, 6.45) is 0. The molecule has 0 radical (unpaired) electrons. The number of amides is 1. The first-order chi connectivity index (χ1) is 9.41. The van der Waals surface area contributed by atoms with Crippen LogP contribution in [0.3, 0.4) is 0 Å². The maximum Gasteiger partial charge on any atom is 0.293 e. The quantitative estimate of drug-likeness (QED) is 0.874. The van der Waals surface area contributed by atoms with Crippen molar-refractivity contribution in [2.45, 2.75) is 26.8 Å². The summed E-state index contributed by atoms with van der Waals surface area (Å²) in [5.41, 5.74) is 0.713. The molecule has 0 saturated heterocycles. The highest BCUT2D eigenvalue weighted by Crippen LogP contribution is 2.20. The van der Waals surface area contributed by atoms with Gasteiger partial charge >= 0.3 is 0 Å². The zero-order valence-corrected chi connectivity index (χ0v) is 12.7. The summed E-state index contributed by atoms with van der Waals surface area (Å²) in [5, 5.41) is 4.84. The molecule has 0 bridgehead atoms. The van der Waals surface area contributed by atoms with Crippen LogP contribution in [0.1, 0.15) is 30.3 Å². The number of hydrogen-bond donors (Lipinski definition) is 0. The van der Waals surface area contributed by atoms with E-state index in [0.717, 1.165) is 0 Å². The van der Waals surface area contributed by atoms with Crippen LogP contribution in [0.15, 0.2) is 24.3 Å². The topological polar surface area (TPSA) is 51.0 Å². The second-order valence-corrected chi connectivity index (χ2v) is 5.26. The number of rotatable bonds is 3. The molecule has 1 aromatic carbocycles. The Morgan fingerprint density at radius 1 is 1.35 bits per heavy atom. The molecule has 0 N–H and O–H groups in total. The lowest BCUT2D eigenvalue weighted by molar-refractivity contribution is 0.0742. The van der Waals surface area contributed by atoms with Crippen LogP contribution in [0.25, 0.3) is 5.69 Å². The van der Waals surface area contributed by atoms with Crippen molar-refractivity contribution in [1.29, 1.82) is 0 Å². The third-order valence-corrected chi connectivity index (χ3v) is 3.46. The van der Waals surface area contributed by atoms with Gasteiger partial charge in [-0.2, -0.15) is 0 Å². The molecule has 0 unspecified atom stereocenters. The highest BCUT2D eigenvalue weighted by atomic mass is 35.5. The molecule has 2 rings (SSSR count). The fraction of sp³-hybridized carbons (Fsp3) is 0.357. The fourth-order valence-electron chi connectivity index (χ4n) is 1.72. The number of nitrogens with zero attached hydrogens (tertiary/aromatic N) is 4. The van der Waals surface area contributed by atoms with Gasteiger partial charge in [0.25, 0.3) is 5.91 Å². The molecule has 0 aliphatic carbocycles. The molecule has 1 aromatic heterocycles. The molecule has 6 heteroatoms. The Balaban J connectivity index is 2.41. The summed E-state index contributed by atoms with van der Waals surface area (Å²) in [6.45, 7) is 5.67. The Hall–Kier alpha value is -1.88. The Bertz CT molecular complexity index is 636. The van der Waals surface area contributed by atoms with E-state index in [-0.39, 0.29) is 17.8 Å². The van der Waals surface area contributed by atoms with Gasteiger partial charge in [-0.1, -0.05) is 23.7 Å². The molecule has 1 heterocycles. The number of hydrogen-bond acceptors (Lipinski definition) is 3. The van der Waals surface area contributed by atoms with Gasteiger partial charge in [0.2, 0.25) is 5.82 Å². The molecule has 0 fully saturated rings. The molecule has 0 spiro atoms. The van der Waals surface area contributed by atoms with Crippen LogP contribution in [0.5, 0.6) is 0 Å². The lowest BCUT2D eigenvalue weighted by atomic mass is 10.3. The van der Waals surface area contributed by atoms with Crippen molar-refractivity contribution < 1.29 is 4.79 Å². The normalized spacial score (nSPS) is 10.9. The van der Waals surface area contributed by atoms with Crippen molar-refractivity contribution in [3.63, 3.8) is 0 Å². The first kappa shape index (κ1) is 14.5. The van der Waals surface area contributed by atoms with E-state index in [4.69, 9.17) is 11.6 Å². The minimum absolute atomic E-state index is 0.0927. The molecule has 1 amide bonds. The number of halogens is 1. The molecule has 2 aromatic rings. The second kappa shape index (κ2) is 5.63. The zero-order valence-electron chi connectivity index (χ0n) is 12.0. The Labute approximate surface area is 123 Å². The van der Waals surface area contributed by atoms with E-state index in [1.165, 1.54) is 0 Å². The lowest BCUT2D eigenvalue weighted by Gasteiger charge is -2.19. The van der Waals surface area contributed by atoms with Crippen LogP contribution in [-0.2, 0) is 0 Å². The van der Waals surface area contributed by atoms with Gasteiger partial charge < -0.3 is 4.90 Å². The van der Waals surface area contributed by atoms with E-state index < -0.39 is 0 Å². The SMILES string of the molecule is Cc1nc(C(=O)N(C)C(C)C)nn1-c1ccccc1Cl. The van der Waals surface area contributed by atoms with Gasteiger partial charge in [-0.15, -0.1) is 5.10 Å². The van der Waals surface area contributed by atoms with Crippen LogP contribution >= 0.6 is 11.6 Å². The molecule has 0 atom stereocenters. The maximum atomic E-state index is 12.2. The van der Waals surface area contributed by atoms with Crippen molar-refractivity contribution in [2.24, 2.45) is 0 Å². The summed E-state index contributed by atoms with van der Waals surface area (Å²) in [5.74, 6) is 0.603. The summed E-state index contributed by atoms with van der Waals surface area (Å²) in [4.78, 5) is 18.1. The number of aryl methyl sites for hydroxylation is 1. The van der Waals surface area contributed by atoms with Gasteiger partial charge in [-0.25, -0.2) is 9.67 Å². The lowest BCUT2D eigenvalue weighted by Crippen LogP contribution is -2.33. The minimum atomic E-state index is -0.200. The van der Waals surface area contributed by atoms with Gasteiger partial charge in [0.1, 0.15) is 5.82 Å². The van der Waals surface area contributed by atoms with Gasteiger partial charge in [0, 0.05) is 13.1 Å². The molecule has 0 saturated carbocycles. The third-order valence-electron chi connectivity index (χ3n) is 3.14. The van der Waals surface area contributed by atoms with Gasteiger partial charge in [0.15, 0.2) is 0 Å². The smallest absolute Gasteiger partial charge is 0.293 e. The number of aromatic nitrogens is 3. The summed E-state index contributed by atoms with van der Waals surface area (Å²) < 4.78 is 1.59. The van der Waals surface area contributed by atoms with E-state index in [9.17, 15) is 4.79 Å². The zero-order chi connectivity index (χ0) is 14.9. The average Bonchev–Trinajstić information content (AvgIpc) is 2.79. The molecule has 106 valence electrons. The molecular weight excluding hydrogens is 276 g/mol. The van der Waals surface area contributed by atoms with Crippen LogP contribution in [0.4, 0.5) is 0 Å². The van der Waals surface area contributed by atoms with Crippen LogP contribution in [0.2, 0.25) is 5.02 Å². The van der Waals surface area contributed by atoms with Crippen molar-refractivity contribution in [3.8, 4) is 5.69 Å². The molecule has 0 aliphatic heterocycles. The molecule has 0 aliphatic rings. The highest BCUT2D eigenvalue weighted by molar-refractivity contribution is 6.32. The van der Waals surface area contributed by atoms with Gasteiger partial charge in [0.05, 0.1) is 10.7 Å². The van der Waals surface area contributed by atoms with Crippen molar-refractivity contribution >= 4 is 17.5 Å². The van der Waals surface area contributed by atoms with E-state index in [0.29, 0.717) is 16.5 Å². The van der Waals surface area contributed by atoms with E-state index in [1.807, 2.05) is 32.0 Å². The van der Waals surface area contributed by atoms with Crippen LogP contribution in [-0.4, -0.2) is 38.7 Å². The van der Waals surface area contributed by atoms with Crippen molar-refractivity contribution in [3.05, 3.63) is 40.9 Å². The number of benzene rings is 1. The first-order valence-electron chi connectivity index (χ1n) is 6.37. The predicted octanol–water partition coefficient (Wildman–Crippen LogP) is 2.71. The number of carbonyl (C=O) groups is 1. The second-order valence-electron chi connectivity index (χ2n) is 4.86. The number of carbonyl (C=O) groups excluding carboxylic acids is 1. The first-order valence-corrected chi connectivity index (χ1v) is 6.75. The van der Waals surface area contributed by atoms with Crippen molar-refractivity contribution in [1.82, 2.24) is 19.7 Å². The predicted molar refractivity (Wildman–Crippen MR) is 78.3 cm³/mol. The molecule has 5 nitrogen and oxygen atoms in total. The summed E-state index contributed by atoms with van der Waals surface area (Å²) in [6, 6.07) is 7.42. The van der Waals surface area contributed by atoms with Crippen molar-refractivity contribution in [2.75, 3.05) is 7.05 Å². The maximum absolute atomic E-state index is 12.2.